The van der Waals surface area contributed by atoms with Crippen LogP contribution in [0.2, 0.25) is 0 Å². The Balaban J connectivity index is 2.29. The maximum Gasteiger partial charge on any atom is 0.0684 e. The molecule has 1 aromatic rings. The van der Waals surface area contributed by atoms with Crippen molar-refractivity contribution < 1.29 is 5.11 Å². The van der Waals surface area contributed by atoms with Gasteiger partial charge < -0.3 is 5.11 Å². The van der Waals surface area contributed by atoms with Gasteiger partial charge in [-0.3, -0.25) is 4.99 Å². The van der Waals surface area contributed by atoms with Gasteiger partial charge in [0.15, 0.2) is 0 Å². The van der Waals surface area contributed by atoms with Gasteiger partial charge in [-0.2, -0.15) is 0 Å². The lowest BCUT2D eigenvalue weighted by Crippen LogP contribution is -2.11. The number of nitrogens with zero attached hydrogens (tertiary/aromatic N) is 1. The molecular formula is C15H19NO. The maximum absolute atomic E-state index is 9.29. The third kappa shape index (κ3) is 2.64. The Morgan fingerprint density at radius 2 is 2.24 bits per heavy atom. The molecule has 2 nitrogen and oxygen atoms in total. The minimum absolute atomic E-state index is 0.0972. The quantitative estimate of drug-likeness (QED) is 0.848. The topological polar surface area (TPSA) is 32.6 Å². The van der Waals surface area contributed by atoms with Gasteiger partial charge >= 0.3 is 0 Å². The van der Waals surface area contributed by atoms with E-state index in [2.05, 4.69) is 36.2 Å². The molecule has 1 unspecified atom stereocenters. The molecule has 0 radical (unpaired) electrons. The lowest BCUT2D eigenvalue weighted by Gasteiger charge is -2.16. The number of hydrogen-bond donors (Lipinski definition) is 1. The Labute approximate surface area is 103 Å². The van der Waals surface area contributed by atoms with Crippen molar-refractivity contribution in [2.24, 2.45) is 10.9 Å². The van der Waals surface area contributed by atoms with E-state index in [1.165, 1.54) is 0 Å². The molecule has 0 spiro atoms. The normalized spacial score (nSPS) is 19.2. The molecule has 90 valence electrons. The standard InChI is InChI=1S/C15H19NO/c1-3-12-6-7-16-15(8-12)13-5-4-11(2)14(9-13)10-17/h4-7,9,12,17H,3,8,10H2,1-2H3. The molecule has 1 aliphatic rings. The average molecular weight is 229 g/mol. The first-order valence-corrected chi connectivity index (χ1v) is 6.18. The second-order valence-corrected chi connectivity index (χ2v) is 4.59. The first-order chi connectivity index (χ1) is 8.24. The highest BCUT2D eigenvalue weighted by molar-refractivity contribution is 6.01. The summed E-state index contributed by atoms with van der Waals surface area (Å²) < 4.78 is 0. The molecular weight excluding hydrogens is 210 g/mol. The van der Waals surface area contributed by atoms with Crippen molar-refractivity contribution in [3.05, 3.63) is 47.2 Å². The summed E-state index contributed by atoms with van der Waals surface area (Å²) in [6, 6.07) is 6.21. The lowest BCUT2D eigenvalue weighted by atomic mass is 9.92. The lowest BCUT2D eigenvalue weighted by molar-refractivity contribution is 0.281. The van der Waals surface area contributed by atoms with Crippen molar-refractivity contribution in [3.63, 3.8) is 0 Å². The minimum atomic E-state index is 0.0972. The predicted octanol–water partition coefficient (Wildman–Crippen LogP) is 3.22. The van der Waals surface area contributed by atoms with Gasteiger partial charge in [-0.05, 0) is 48.4 Å². The smallest absolute Gasteiger partial charge is 0.0684 e. The second-order valence-electron chi connectivity index (χ2n) is 4.59. The van der Waals surface area contributed by atoms with E-state index < -0.39 is 0 Å². The van der Waals surface area contributed by atoms with Gasteiger partial charge in [0.25, 0.3) is 0 Å². The zero-order chi connectivity index (χ0) is 12.3. The number of aryl methyl sites for hydroxylation is 1. The monoisotopic (exact) mass is 229 g/mol. The van der Waals surface area contributed by atoms with Crippen molar-refractivity contribution in [2.45, 2.75) is 33.3 Å². The van der Waals surface area contributed by atoms with E-state index in [0.717, 1.165) is 35.2 Å². The summed E-state index contributed by atoms with van der Waals surface area (Å²) in [5.74, 6) is 0.598. The molecule has 0 bridgehead atoms. The zero-order valence-electron chi connectivity index (χ0n) is 10.5. The third-order valence-electron chi connectivity index (χ3n) is 3.42. The molecule has 0 fully saturated rings. The fraction of sp³-hybridized carbons (Fsp3) is 0.400. The Morgan fingerprint density at radius 1 is 1.41 bits per heavy atom. The van der Waals surface area contributed by atoms with Crippen LogP contribution in [0.4, 0.5) is 0 Å². The first-order valence-electron chi connectivity index (χ1n) is 6.18. The second kappa shape index (κ2) is 5.28. The molecule has 2 rings (SSSR count). The van der Waals surface area contributed by atoms with Crippen LogP contribution in [0, 0.1) is 12.8 Å². The fourth-order valence-corrected chi connectivity index (χ4v) is 2.12. The molecule has 1 aromatic carbocycles. The van der Waals surface area contributed by atoms with Crippen molar-refractivity contribution in [1.29, 1.82) is 0 Å². The Bertz CT molecular complexity index is 460. The van der Waals surface area contributed by atoms with Gasteiger partial charge in [0.1, 0.15) is 0 Å². The van der Waals surface area contributed by atoms with Crippen LogP contribution in [0.5, 0.6) is 0 Å². The summed E-state index contributed by atoms with van der Waals surface area (Å²) in [5.41, 5.74) is 4.40. The van der Waals surface area contributed by atoms with E-state index in [4.69, 9.17) is 0 Å². The molecule has 1 heterocycles. The summed E-state index contributed by atoms with van der Waals surface area (Å²) in [5, 5.41) is 9.29. The SMILES string of the molecule is CCC1C=CN=C(c2ccc(C)c(CO)c2)C1. The average Bonchev–Trinajstić information content (AvgIpc) is 2.39. The molecule has 0 saturated carbocycles. The van der Waals surface area contributed by atoms with Gasteiger partial charge in [0.05, 0.1) is 6.61 Å². The largest absolute Gasteiger partial charge is 0.392 e. The summed E-state index contributed by atoms with van der Waals surface area (Å²) in [6.07, 6.45) is 6.23. The van der Waals surface area contributed by atoms with Crippen molar-refractivity contribution >= 4 is 5.71 Å². The van der Waals surface area contributed by atoms with E-state index in [9.17, 15) is 5.11 Å². The van der Waals surface area contributed by atoms with Gasteiger partial charge in [0.2, 0.25) is 0 Å². The number of aliphatic imine (C=N–C) groups is 1. The molecule has 1 aliphatic heterocycles. The molecule has 0 amide bonds. The Kier molecular flexibility index (Phi) is 3.75. The molecule has 1 atom stereocenters. The highest BCUT2D eigenvalue weighted by Crippen LogP contribution is 2.21. The number of aliphatic hydroxyl groups is 1. The molecule has 0 saturated heterocycles. The van der Waals surface area contributed by atoms with E-state index in [-0.39, 0.29) is 6.61 Å². The van der Waals surface area contributed by atoms with Crippen molar-refractivity contribution in [1.82, 2.24) is 0 Å². The number of allylic oxidation sites excluding steroid dienone is 1. The number of benzene rings is 1. The zero-order valence-corrected chi connectivity index (χ0v) is 10.5. The van der Waals surface area contributed by atoms with Crippen molar-refractivity contribution in [3.8, 4) is 0 Å². The summed E-state index contributed by atoms with van der Waals surface area (Å²) in [6.45, 7) is 4.32. The van der Waals surface area contributed by atoms with E-state index in [0.29, 0.717) is 5.92 Å². The molecule has 0 aromatic heterocycles. The maximum atomic E-state index is 9.29. The number of rotatable bonds is 3. The molecule has 0 aliphatic carbocycles. The van der Waals surface area contributed by atoms with Gasteiger partial charge in [-0.1, -0.05) is 25.1 Å². The van der Waals surface area contributed by atoms with Gasteiger partial charge in [-0.15, -0.1) is 0 Å². The van der Waals surface area contributed by atoms with Crippen LogP contribution in [-0.4, -0.2) is 10.8 Å². The molecule has 2 heteroatoms. The first kappa shape index (κ1) is 12.1. The third-order valence-corrected chi connectivity index (χ3v) is 3.42. The predicted molar refractivity (Wildman–Crippen MR) is 71.2 cm³/mol. The number of aliphatic hydroxyl groups excluding tert-OH is 1. The van der Waals surface area contributed by atoms with Gasteiger partial charge in [-0.25, -0.2) is 0 Å². The van der Waals surface area contributed by atoms with E-state index >= 15 is 0 Å². The van der Waals surface area contributed by atoms with Crippen LogP contribution in [0.1, 0.15) is 36.5 Å². The molecule has 1 N–H and O–H groups in total. The van der Waals surface area contributed by atoms with Gasteiger partial charge in [0, 0.05) is 11.9 Å². The fourth-order valence-electron chi connectivity index (χ4n) is 2.12. The Morgan fingerprint density at radius 3 is 2.94 bits per heavy atom. The minimum Gasteiger partial charge on any atom is -0.392 e. The van der Waals surface area contributed by atoms with Crippen LogP contribution in [-0.2, 0) is 6.61 Å². The van der Waals surface area contributed by atoms with Crippen LogP contribution >= 0.6 is 0 Å². The van der Waals surface area contributed by atoms with Crippen LogP contribution in [0.15, 0.2) is 35.5 Å². The van der Waals surface area contributed by atoms with Crippen LogP contribution in [0.3, 0.4) is 0 Å². The van der Waals surface area contributed by atoms with E-state index in [1.807, 2.05) is 13.1 Å². The van der Waals surface area contributed by atoms with E-state index in [1.54, 1.807) is 0 Å². The number of hydrogen-bond acceptors (Lipinski definition) is 2. The van der Waals surface area contributed by atoms with Crippen LogP contribution < -0.4 is 0 Å². The van der Waals surface area contributed by atoms with Crippen LogP contribution in [0.25, 0.3) is 0 Å². The summed E-state index contributed by atoms with van der Waals surface area (Å²) >= 11 is 0. The summed E-state index contributed by atoms with van der Waals surface area (Å²) in [7, 11) is 0. The Hall–Kier alpha value is -1.41. The van der Waals surface area contributed by atoms with Crippen molar-refractivity contribution in [2.75, 3.05) is 0 Å². The molecule has 17 heavy (non-hydrogen) atoms. The highest BCUT2D eigenvalue weighted by Gasteiger charge is 2.13. The highest BCUT2D eigenvalue weighted by atomic mass is 16.3. The summed E-state index contributed by atoms with van der Waals surface area (Å²) in [4.78, 5) is 4.46.